The highest BCUT2D eigenvalue weighted by atomic mass is 32.1. The molecule has 1 heterocycles. The topological polar surface area (TPSA) is 62.2 Å². The molecule has 0 aliphatic carbocycles. The van der Waals surface area contributed by atoms with Gasteiger partial charge in [0.25, 0.3) is 5.91 Å². The Hall–Kier alpha value is -1.72. The van der Waals surface area contributed by atoms with E-state index in [2.05, 4.69) is 10.3 Å². The Morgan fingerprint density at radius 1 is 1.40 bits per heavy atom. The Balaban J connectivity index is 2.12. The van der Waals surface area contributed by atoms with Crippen LogP contribution in [0.5, 0.6) is 0 Å². The van der Waals surface area contributed by atoms with Gasteiger partial charge in [0.1, 0.15) is 4.88 Å². The van der Waals surface area contributed by atoms with Crippen molar-refractivity contribution in [3.8, 4) is 0 Å². The molecule has 0 bridgehead atoms. The minimum atomic E-state index is -0.100. The quantitative estimate of drug-likeness (QED) is 0.860. The molecule has 20 heavy (non-hydrogen) atoms. The van der Waals surface area contributed by atoms with Crippen LogP contribution in [-0.2, 0) is 0 Å². The number of thiazole rings is 1. The fourth-order valence-corrected chi connectivity index (χ4v) is 2.75. The van der Waals surface area contributed by atoms with Gasteiger partial charge >= 0.3 is 0 Å². The number of hydrogen-bond donors (Lipinski definition) is 2. The van der Waals surface area contributed by atoms with Crippen LogP contribution in [0, 0.1) is 6.92 Å². The van der Waals surface area contributed by atoms with Gasteiger partial charge in [0, 0.05) is 6.61 Å². The van der Waals surface area contributed by atoms with Crippen molar-refractivity contribution in [2.75, 3.05) is 6.61 Å². The molecule has 1 aromatic carbocycles. The van der Waals surface area contributed by atoms with Crippen molar-refractivity contribution in [3.63, 3.8) is 0 Å². The van der Waals surface area contributed by atoms with Crippen LogP contribution >= 0.6 is 11.3 Å². The van der Waals surface area contributed by atoms with E-state index in [1.54, 1.807) is 5.51 Å². The summed E-state index contributed by atoms with van der Waals surface area (Å²) in [6.07, 6.45) is 1.37. The van der Waals surface area contributed by atoms with E-state index in [1.165, 1.54) is 11.3 Å². The third kappa shape index (κ3) is 3.65. The van der Waals surface area contributed by atoms with E-state index < -0.39 is 0 Å². The van der Waals surface area contributed by atoms with E-state index in [9.17, 15) is 4.79 Å². The lowest BCUT2D eigenvalue weighted by atomic mass is 10.0. The largest absolute Gasteiger partial charge is 0.396 e. The molecule has 4 nitrogen and oxygen atoms in total. The first-order valence-electron chi connectivity index (χ1n) is 6.59. The molecular weight excluding hydrogens is 272 g/mol. The highest BCUT2D eigenvalue weighted by molar-refractivity contribution is 7.11. The summed E-state index contributed by atoms with van der Waals surface area (Å²) in [7, 11) is 0. The summed E-state index contributed by atoms with van der Waals surface area (Å²) >= 11 is 1.35. The van der Waals surface area contributed by atoms with Crippen molar-refractivity contribution in [2.24, 2.45) is 0 Å². The van der Waals surface area contributed by atoms with Crippen molar-refractivity contribution < 1.29 is 9.90 Å². The average molecular weight is 290 g/mol. The van der Waals surface area contributed by atoms with Crippen LogP contribution in [0.15, 0.2) is 35.8 Å². The number of aryl methyl sites for hydroxylation is 1. The third-order valence-corrected chi connectivity index (χ3v) is 4.04. The summed E-state index contributed by atoms with van der Waals surface area (Å²) in [6, 6.07) is 9.74. The van der Waals surface area contributed by atoms with Crippen molar-refractivity contribution >= 4 is 17.2 Å². The van der Waals surface area contributed by atoms with E-state index in [0.717, 1.165) is 11.3 Å². The first-order chi connectivity index (χ1) is 9.72. The predicted molar refractivity (Wildman–Crippen MR) is 79.8 cm³/mol. The highest BCUT2D eigenvalue weighted by Crippen LogP contribution is 2.20. The van der Waals surface area contributed by atoms with E-state index >= 15 is 0 Å². The molecule has 1 aromatic heterocycles. The van der Waals surface area contributed by atoms with Gasteiger partial charge in [-0.1, -0.05) is 30.3 Å². The second-order valence-electron chi connectivity index (χ2n) is 4.57. The maximum atomic E-state index is 12.3. The molecule has 0 aliphatic rings. The van der Waals surface area contributed by atoms with Crippen LogP contribution in [0.3, 0.4) is 0 Å². The van der Waals surface area contributed by atoms with Gasteiger partial charge in [-0.05, 0) is 25.3 Å². The minimum absolute atomic E-state index is 0.0858. The van der Waals surface area contributed by atoms with Gasteiger partial charge in [0.15, 0.2) is 0 Å². The van der Waals surface area contributed by atoms with Gasteiger partial charge in [-0.25, -0.2) is 4.98 Å². The second-order valence-corrected chi connectivity index (χ2v) is 5.42. The van der Waals surface area contributed by atoms with Gasteiger partial charge in [-0.2, -0.15) is 0 Å². The number of nitrogens with zero attached hydrogens (tertiary/aromatic N) is 1. The van der Waals surface area contributed by atoms with Gasteiger partial charge in [0.05, 0.1) is 17.2 Å². The highest BCUT2D eigenvalue weighted by Gasteiger charge is 2.18. The molecule has 0 aliphatic heterocycles. The molecule has 106 valence electrons. The zero-order valence-corrected chi connectivity index (χ0v) is 12.2. The number of aromatic nitrogens is 1. The molecule has 2 rings (SSSR count). The number of aliphatic hydroxyl groups is 1. The SMILES string of the molecule is Cc1ncsc1C(=O)NC(CCCO)c1ccccc1. The number of carbonyl (C=O) groups is 1. The molecule has 5 heteroatoms. The van der Waals surface area contributed by atoms with Gasteiger partial charge in [0.2, 0.25) is 0 Å². The summed E-state index contributed by atoms with van der Waals surface area (Å²) in [5, 5.41) is 12.0. The van der Waals surface area contributed by atoms with Crippen LogP contribution in [0.2, 0.25) is 0 Å². The smallest absolute Gasteiger partial charge is 0.263 e. The Labute approximate surface area is 122 Å². The summed E-state index contributed by atoms with van der Waals surface area (Å²) in [5.41, 5.74) is 3.48. The first-order valence-corrected chi connectivity index (χ1v) is 7.47. The number of aliphatic hydroxyl groups excluding tert-OH is 1. The van der Waals surface area contributed by atoms with Gasteiger partial charge < -0.3 is 10.4 Å². The fourth-order valence-electron chi connectivity index (χ4n) is 2.05. The Morgan fingerprint density at radius 2 is 2.15 bits per heavy atom. The van der Waals surface area contributed by atoms with E-state index in [1.807, 2.05) is 37.3 Å². The fraction of sp³-hybridized carbons (Fsp3) is 0.333. The standard InChI is InChI=1S/C15H18N2O2S/c1-11-14(20-10-16-11)15(19)17-13(8-5-9-18)12-6-3-2-4-7-12/h2-4,6-7,10,13,18H,5,8-9H2,1H3,(H,17,19). The predicted octanol–water partition coefficient (Wildman–Crippen LogP) is 2.70. The van der Waals surface area contributed by atoms with Crippen LogP contribution < -0.4 is 5.32 Å². The van der Waals surface area contributed by atoms with Crippen molar-refractivity contribution in [1.29, 1.82) is 0 Å². The molecule has 0 saturated carbocycles. The zero-order chi connectivity index (χ0) is 14.4. The van der Waals surface area contributed by atoms with E-state index in [4.69, 9.17) is 5.11 Å². The number of hydrogen-bond acceptors (Lipinski definition) is 4. The zero-order valence-electron chi connectivity index (χ0n) is 11.4. The molecule has 0 saturated heterocycles. The molecule has 1 unspecified atom stereocenters. The molecule has 2 aromatic rings. The lowest BCUT2D eigenvalue weighted by Crippen LogP contribution is -2.28. The van der Waals surface area contributed by atoms with Crippen LogP contribution in [-0.4, -0.2) is 22.6 Å². The second kappa shape index (κ2) is 7.17. The molecule has 1 amide bonds. The Morgan fingerprint density at radius 3 is 2.75 bits per heavy atom. The normalized spacial score (nSPS) is 12.1. The number of carbonyl (C=O) groups excluding carboxylic acids is 1. The van der Waals surface area contributed by atoms with Gasteiger partial charge in [-0.15, -0.1) is 11.3 Å². The number of rotatable bonds is 6. The minimum Gasteiger partial charge on any atom is -0.396 e. The van der Waals surface area contributed by atoms with Crippen LogP contribution in [0.4, 0.5) is 0 Å². The van der Waals surface area contributed by atoms with E-state index in [-0.39, 0.29) is 18.6 Å². The molecule has 0 fully saturated rings. The first kappa shape index (κ1) is 14.7. The van der Waals surface area contributed by atoms with Gasteiger partial charge in [-0.3, -0.25) is 4.79 Å². The maximum Gasteiger partial charge on any atom is 0.263 e. The molecule has 0 radical (unpaired) electrons. The molecule has 2 N–H and O–H groups in total. The van der Waals surface area contributed by atoms with Crippen molar-refractivity contribution in [1.82, 2.24) is 10.3 Å². The summed E-state index contributed by atoms with van der Waals surface area (Å²) in [6.45, 7) is 1.95. The molecule has 1 atom stereocenters. The summed E-state index contributed by atoms with van der Waals surface area (Å²) in [4.78, 5) is 17.0. The van der Waals surface area contributed by atoms with Crippen molar-refractivity contribution in [3.05, 3.63) is 52.0 Å². The monoisotopic (exact) mass is 290 g/mol. The summed E-state index contributed by atoms with van der Waals surface area (Å²) in [5.74, 6) is -0.100. The van der Waals surface area contributed by atoms with E-state index in [0.29, 0.717) is 17.7 Å². The Kier molecular flexibility index (Phi) is 5.26. The third-order valence-electron chi connectivity index (χ3n) is 3.11. The maximum absolute atomic E-state index is 12.3. The number of amides is 1. The van der Waals surface area contributed by atoms with Crippen LogP contribution in [0.25, 0.3) is 0 Å². The summed E-state index contributed by atoms with van der Waals surface area (Å²) < 4.78 is 0. The Bertz CT molecular complexity index is 554. The lowest BCUT2D eigenvalue weighted by molar-refractivity contribution is 0.0935. The molecular formula is C15H18N2O2S. The number of nitrogens with one attached hydrogen (secondary N) is 1. The van der Waals surface area contributed by atoms with Crippen molar-refractivity contribution in [2.45, 2.75) is 25.8 Å². The lowest BCUT2D eigenvalue weighted by Gasteiger charge is -2.18. The average Bonchev–Trinajstić information content (AvgIpc) is 2.90. The molecule has 0 spiro atoms. The number of benzene rings is 1. The van der Waals surface area contributed by atoms with Crippen LogP contribution in [0.1, 0.15) is 39.8 Å².